The van der Waals surface area contributed by atoms with Crippen molar-refractivity contribution in [2.75, 3.05) is 29.6 Å². The minimum atomic E-state index is -3.12. The molecule has 3 rings (SSSR count). The molecule has 0 unspecified atom stereocenters. The molecule has 1 aromatic rings. The highest BCUT2D eigenvalue weighted by atomic mass is 32.2. The van der Waals surface area contributed by atoms with Crippen LogP contribution in [0.4, 0.5) is 5.69 Å². The summed E-state index contributed by atoms with van der Waals surface area (Å²) < 4.78 is 28.4. The minimum absolute atomic E-state index is 0.0579. The fraction of sp³-hybridized carbons (Fsp3) is 0.471. The number of carbonyl (C=O) groups is 3. The summed E-state index contributed by atoms with van der Waals surface area (Å²) in [6.07, 6.45) is -0.668. The summed E-state index contributed by atoms with van der Waals surface area (Å²) in [7, 11) is -1.60. The Bertz CT molecular complexity index is 899. The molecule has 146 valence electrons. The number of carbonyl (C=O) groups excluding carboxylic acids is 3. The van der Waals surface area contributed by atoms with E-state index >= 15 is 0 Å². The zero-order valence-corrected chi connectivity index (χ0v) is 16.6. The van der Waals surface area contributed by atoms with E-state index in [0.717, 1.165) is 4.90 Å². The second kappa shape index (κ2) is 7.51. The van der Waals surface area contributed by atoms with E-state index < -0.39 is 33.9 Å². The molecule has 0 radical (unpaired) electrons. The molecule has 2 aliphatic heterocycles. The van der Waals surface area contributed by atoms with Crippen LogP contribution in [0.15, 0.2) is 23.1 Å². The first-order valence-corrected chi connectivity index (χ1v) is 11.2. The number of fused-ring (bicyclic) bond motifs is 1. The zero-order valence-electron chi connectivity index (χ0n) is 14.9. The van der Waals surface area contributed by atoms with Crippen LogP contribution in [0.2, 0.25) is 0 Å². The minimum Gasteiger partial charge on any atom is -0.449 e. The van der Waals surface area contributed by atoms with Gasteiger partial charge in [0, 0.05) is 18.0 Å². The van der Waals surface area contributed by atoms with Crippen LogP contribution >= 0.6 is 11.8 Å². The van der Waals surface area contributed by atoms with Crippen LogP contribution in [0.3, 0.4) is 0 Å². The Labute approximate surface area is 161 Å². The van der Waals surface area contributed by atoms with Crippen LogP contribution in [0, 0.1) is 0 Å². The van der Waals surface area contributed by atoms with Gasteiger partial charge in [-0.2, -0.15) is 0 Å². The number of thioether (sulfide) groups is 1. The van der Waals surface area contributed by atoms with Crippen LogP contribution in [-0.2, 0) is 24.2 Å². The molecule has 0 aromatic heterocycles. The standard InChI is InChI=1S/C17H20N2O6S2/c1-10(16(21)19(2)12-5-6-27(23,24)9-12)25-17(22)11-3-4-14-13(7-11)18-15(20)8-26-14/h3-4,7,10,12H,5-6,8-9H2,1-2H3,(H,18,20)/t10-,12-/m1/s1. The average molecular weight is 412 g/mol. The van der Waals surface area contributed by atoms with E-state index in [4.69, 9.17) is 4.74 Å². The largest absolute Gasteiger partial charge is 0.449 e. The van der Waals surface area contributed by atoms with Crippen molar-refractivity contribution in [1.82, 2.24) is 4.90 Å². The molecule has 0 saturated carbocycles. The number of nitrogens with zero attached hydrogens (tertiary/aromatic N) is 1. The van der Waals surface area contributed by atoms with E-state index in [9.17, 15) is 22.8 Å². The number of ether oxygens (including phenoxy) is 1. The molecular weight excluding hydrogens is 392 g/mol. The van der Waals surface area contributed by atoms with Crippen molar-refractivity contribution in [3.05, 3.63) is 23.8 Å². The SMILES string of the molecule is C[C@@H](OC(=O)c1ccc2c(c1)NC(=O)CS2)C(=O)N(C)[C@@H]1CCS(=O)(=O)C1. The number of anilines is 1. The van der Waals surface area contributed by atoms with Gasteiger partial charge >= 0.3 is 5.97 Å². The van der Waals surface area contributed by atoms with Gasteiger partial charge in [0.25, 0.3) is 5.91 Å². The van der Waals surface area contributed by atoms with Crippen molar-refractivity contribution in [2.45, 2.75) is 30.4 Å². The molecule has 1 N–H and O–H groups in total. The molecule has 2 amide bonds. The van der Waals surface area contributed by atoms with Gasteiger partial charge in [0.2, 0.25) is 5.91 Å². The third-order valence-corrected chi connectivity index (χ3v) is 7.41. The summed E-state index contributed by atoms with van der Waals surface area (Å²) >= 11 is 1.38. The molecule has 2 aliphatic rings. The Hall–Kier alpha value is -2.07. The van der Waals surface area contributed by atoms with Gasteiger partial charge in [-0.15, -0.1) is 11.8 Å². The highest BCUT2D eigenvalue weighted by molar-refractivity contribution is 8.00. The predicted molar refractivity (Wildman–Crippen MR) is 101 cm³/mol. The fourth-order valence-corrected chi connectivity index (χ4v) is 5.60. The second-order valence-corrected chi connectivity index (χ2v) is 9.85. The van der Waals surface area contributed by atoms with Crippen LogP contribution in [0.1, 0.15) is 23.7 Å². The molecule has 0 aliphatic carbocycles. The number of amides is 2. The van der Waals surface area contributed by atoms with Gasteiger partial charge in [0.15, 0.2) is 15.9 Å². The van der Waals surface area contributed by atoms with Gasteiger partial charge < -0.3 is 15.0 Å². The quantitative estimate of drug-likeness (QED) is 0.732. The first-order valence-electron chi connectivity index (χ1n) is 8.41. The molecular formula is C17H20N2O6S2. The van der Waals surface area contributed by atoms with Crippen LogP contribution < -0.4 is 5.32 Å². The van der Waals surface area contributed by atoms with Gasteiger partial charge in [-0.05, 0) is 31.5 Å². The Morgan fingerprint density at radius 2 is 2.11 bits per heavy atom. The Balaban J connectivity index is 1.64. The molecule has 2 atom stereocenters. The summed E-state index contributed by atoms with van der Waals surface area (Å²) in [5.74, 6) is -0.968. The first kappa shape index (κ1) is 19.7. The number of hydrogen-bond donors (Lipinski definition) is 1. The first-order chi connectivity index (χ1) is 12.7. The zero-order chi connectivity index (χ0) is 19.8. The maximum Gasteiger partial charge on any atom is 0.338 e. The van der Waals surface area contributed by atoms with Gasteiger partial charge in [0.05, 0.1) is 28.5 Å². The van der Waals surface area contributed by atoms with Crippen molar-refractivity contribution in [3.63, 3.8) is 0 Å². The summed E-state index contributed by atoms with van der Waals surface area (Å²) in [6.45, 7) is 1.45. The lowest BCUT2D eigenvalue weighted by molar-refractivity contribution is -0.140. The maximum absolute atomic E-state index is 12.5. The summed E-state index contributed by atoms with van der Waals surface area (Å²) in [5, 5.41) is 2.69. The number of likely N-dealkylation sites (N-methyl/N-ethyl adjacent to an activating group) is 1. The molecule has 8 nitrogen and oxygen atoms in total. The Morgan fingerprint density at radius 1 is 1.37 bits per heavy atom. The van der Waals surface area contributed by atoms with Crippen molar-refractivity contribution in [3.8, 4) is 0 Å². The van der Waals surface area contributed by atoms with Crippen molar-refractivity contribution in [2.24, 2.45) is 0 Å². The molecule has 10 heteroatoms. The van der Waals surface area contributed by atoms with Crippen molar-refractivity contribution >= 4 is 45.1 Å². The Kier molecular flexibility index (Phi) is 5.48. The summed E-state index contributed by atoms with van der Waals surface area (Å²) in [4.78, 5) is 38.5. The molecule has 0 spiro atoms. The molecule has 1 saturated heterocycles. The van der Waals surface area contributed by atoms with Crippen molar-refractivity contribution < 1.29 is 27.5 Å². The number of hydrogen-bond acceptors (Lipinski definition) is 7. The highest BCUT2D eigenvalue weighted by Gasteiger charge is 2.35. The number of esters is 1. The maximum atomic E-state index is 12.5. The summed E-state index contributed by atoms with van der Waals surface area (Å²) in [5.41, 5.74) is 0.764. The van der Waals surface area contributed by atoms with E-state index in [0.29, 0.717) is 17.9 Å². The van der Waals surface area contributed by atoms with Gasteiger partial charge in [0.1, 0.15) is 0 Å². The lowest BCUT2D eigenvalue weighted by Gasteiger charge is -2.26. The second-order valence-electron chi connectivity index (χ2n) is 6.60. The lowest BCUT2D eigenvalue weighted by atomic mass is 10.2. The lowest BCUT2D eigenvalue weighted by Crippen LogP contribution is -2.44. The average Bonchev–Trinajstić information content (AvgIpc) is 2.99. The van der Waals surface area contributed by atoms with Gasteiger partial charge in [-0.3, -0.25) is 9.59 Å². The predicted octanol–water partition coefficient (Wildman–Crippen LogP) is 0.922. The Morgan fingerprint density at radius 3 is 2.78 bits per heavy atom. The highest BCUT2D eigenvalue weighted by Crippen LogP contribution is 2.32. The smallest absolute Gasteiger partial charge is 0.338 e. The van der Waals surface area contributed by atoms with E-state index in [1.165, 1.54) is 36.7 Å². The van der Waals surface area contributed by atoms with Crippen LogP contribution in [0.25, 0.3) is 0 Å². The van der Waals surface area contributed by atoms with Gasteiger partial charge in [-0.1, -0.05) is 0 Å². The van der Waals surface area contributed by atoms with Crippen LogP contribution in [-0.4, -0.2) is 67.6 Å². The number of benzene rings is 1. The molecule has 0 bridgehead atoms. The molecule has 2 heterocycles. The third kappa shape index (κ3) is 4.44. The van der Waals surface area contributed by atoms with Gasteiger partial charge in [-0.25, -0.2) is 13.2 Å². The number of rotatable bonds is 4. The normalized spacial score (nSPS) is 21.7. The van der Waals surface area contributed by atoms with E-state index in [2.05, 4.69) is 5.32 Å². The van der Waals surface area contributed by atoms with E-state index in [1.54, 1.807) is 12.1 Å². The topological polar surface area (TPSA) is 110 Å². The van der Waals surface area contributed by atoms with Crippen molar-refractivity contribution in [1.29, 1.82) is 0 Å². The van der Waals surface area contributed by atoms with E-state index in [-0.39, 0.29) is 23.0 Å². The fourth-order valence-electron chi connectivity index (χ4n) is 3.04. The number of sulfone groups is 1. The molecule has 1 aromatic carbocycles. The number of nitrogens with one attached hydrogen (secondary N) is 1. The monoisotopic (exact) mass is 412 g/mol. The van der Waals surface area contributed by atoms with E-state index in [1.807, 2.05) is 0 Å². The molecule has 1 fully saturated rings. The summed E-state index contributed by atoms with van der Waals surface area (Å²) in [6, 6.07) is 4.42. The third-order valence-electron chi connectivity index (χ3n) is 4.58. The van der Waals surface area contributed by atoms with Crippen LogP contribution in [0.5, 0.6) is 0 Å². The molecule has 27 heavy (non-hydrogen) atoms.